The van der Waals surface area contributed by atoms with Crippen molar-refractivity contribution in [3.05, 3.63) is 46.0 Å². The second-order valence-electron chi connectivity index (χ2n) is 3.78. The van der Waals surface area contributed by atoms with Gasteiger partial charge in [-0.05, 0) is 34.5 Å². The van der Waals surface area contributed by atoms with Crippen LogP contribution < -0.4 is 5.32 Å². The van der Waals surface area contributed by atoms with Gasteiger partial charge in [0.25, 0.3) is 5.91 Å². The summed E-state index contributed by atoms with van der Waals surface area (Å²) in [5.41, 5.74) is 0.834. The first-order chi connectivity index (χ1) is 8.97. The van der Waals surface area contributed by atoms with E-state index in [0.29, 0.717) is 5.82 Å². The van der Waals surface area contributed by atoms with Crippen LogP contribution in [0, 0.1) is 6.92 Å². The third-order valence-electron chi connectivity index (χ3n) is 2.36. The molecular formula is C12H9BrN2O4. The zero-order valence-electron chi connectivity index (χ0n) is 9.81. The quantitative estimate of drug-likeness (QED) is 0.905. The second-order valence-corrected chi connectivity index (χ2v) is 4.63. The van der Waals surface area contributed by atoms with Gasteiger partial charge in [-0.25, -0.2) is 9.78 Å². The molecule has 0 saturated carbocycles. The standard InChI is InChI=1S/C12H9BrN2O4/c1-6-2-10(14-4-8(6)13)15-11(16)9-3-7(5-19-9)12(17)18/h2-5H,1H3,(H,17,18)(H,14,15,16). The summed E-state index contributed by atoms with van der Waals surface area (Å²) in [6.45, 7) is 1.86. The fourth-order valence-electron chi connectivity index (χ4n) is 1.35. The highest BCUT2D eigenvalue weighted by Gasteiger charge is 2.15. The third kappa shape index (κ3) is 3.00. The summed E-state index contributed by atoms with van der Waals surface area (Å²) in [5.74, 6) is -1.43. The summed E-state index contributed by atoms with van der Waals surface area (Å²) >= 11 is 3.30. The lowest BCUT2D eigenvalue weighted by atomic mass is 10.3. The maximum Gasteiger partial charge on any atom is 0.338 e. The first kappa shape index (κ1) is 13.3. The number of pyridine rings is 1. The molecule has 0 aliphatic heterocycles. The van der Waals surface area contributed by atoms with Gasteiger partial charge in [0.15, 0.2) is 5.76 Å². The van der Waals surface area contributed by atoms with Gasteiger partial charge in [-0.2, -0.15) is 0 Å². The number of aromatic carboxylic acids is 1. The second kappa shape index (κ2) is 5.23. The van der Waals surface area contributed by atoms with Crippen molar-refractivity contribution in [2.75, 3.05) is 5.32 Å². The van der Waals surface area contributed by atoms with Crippen molar-refractivity contribution in [3.63, 3.8) is 0 Å². The molecule has 1 amide bonds. The molecule has 0 aromatic carbocycles. The number of carbonyl (C=O) groups is 2. The number of rotatable bonds is 3. The van der Waals surface area contributed by atoms with Gasteiger partial charge >= 0.3 is 5.97 Å². The van der Waals surface area contributed by atoms with E-state index in [2.05, 4.69) is 26.2 Å². The first-order valence-corrected chi connectivity index (χ1v) is 6.02. The van der Waals surface area contributed by atoms with Crippen LogP contribution in [0.15, 0.2) is 33.5 Å². The van der Waals surface area contributed by atoms with Crippen LogP contribution in [-0.4, -0.2) is 22.0 Å². The molecule has 0 radical (unpaired) electrons. The molecule has 2 aromatic heterocycles. The number of carboxylic acid groups (broad SMARTS) is 1. The Morgan fingerprint density at radius 3 is 2.74 bits per heavy atom. The number of carbonyl (C=O) groups excluding carboxylic acids is 1. The van der Waals surface area contributed by atoms with Crippen LogP contribution in [-0.2, 0) is 0 Å². The number of aromatic nitrogens is 1. The highest BCUT2D eigenvalue weighted by molar-refractivity contribution is 9.10. The SMILES string of the molecule is Cc1cc(NC(=O)c2cc(C(=O)O)co2)ncc1Br. The Kier molecular flexibility index (Phi) is 3.66. The van der Waals surface area contributed by atoms with Crippen LogP contribution in [0.4, 0.5) is 5.82 Å². The van der Waals surface area contributed by atoms with E-state index in [4.69, 9.17) is 9.52 Å². The highest BCUT2D eigenvalue weighted by atomic mass is 79.9. The normalized spacial score (nSPS) is 10.2. The van der Waals surface area contributed by atoms with Gasteiger partial charge in [0, 0.05) is 16.7 Å². The third-order valence-corrected chi connectivity index (χ3v) is 3.19. The Labute approximate surface area is 116 Å². The lowest BCUT2D eigenvalue weighted by Gasteiger charge is -2.04. The number of anilines is 1. The minimum Gasteiger partial charge on any atom is -0.478 e. The zero-order valence-corrected chi connectivity index (χ0v) is 11.4. The monoisotopic (exact) mass is 324 g/mol. The summed E-state index contributed by atoms with van der Waals surface area (Å²) in [7, 11) is 0. The number of hydrogen-bond donors (Lipinski definition) is 2. The summed E-state index contributed by atoms with van der Waals surface area (Å²) in [6.07, 6.45) is 2.58. The van der Waals surface area contributed by atoms with Crippen molar-refractivity contribution in [2.45, 2.75) is 6.92 Å². The molecule has 0 fully saturated rings. The fourth-order valence-corrected chi connectivity index (χ4v) is 1.57. The molecule has 0 spiro atoms. The zero-order chi connectivity index (χ0) is 14.0. The van der Waals surface area contributed by atoms with E-state index < -0.39 is 11.9 Å². The van der Waals surface area contributed by atoms with Gasteiger partial charge in [-0.15, -0.1) is 0 Å². The van der Waals surface area contributed by atoms with Crippen molar-refractivity contribution in [1.82, 2.24) is 4.98 Å². The number of furan rings is 1. The van der Waals surface area contributed by atoms with Gasteiger partial charge in [-0.3, -0.25) is 4.79 Å². The molecular weight excluding hydrogens is 316 g/mol. The van der Waals surface area contributed by atoms with Crippen LogP contribution in [0.25, 0.3) is 0 Å². The van der Waals surface area contributed by atoms with Crippen LogP contribution in [0.3, 0.4) is 0 Å². The average Bonchev–Trinajstić information content (AvgIpc) is 2.83. The number of amides is 1. The molecule has 0 atom stereocenters. The summed E-state index contributed by atoms with van der Waals surface area (Å²) in [5, 5.41) is 11.2. The fraction of sp³-hybridized carbons (Fsp3) is 0.0833. The predicted molar refractivity (Wildman–Crippen MR) is 70.3 cm³/mol. The maximum absolute atomic E-state index is 11.8. The van der Waals surface area contributed by atoms with E-state index in [1.807, 2.05) is 6.92 Å². The Hall–Kier alpha value is -2.15. The number of hydrogen-bond acceptors (Lipinski definition) is 4. The van der Waals surface area contributed by atoms with Crippen LogP contribution in [0.2, 0.25) is 0 Å². The first-order valence-electron chi connectivity index (χ1n) is 5.22. The summed E-state index contributed by atoms with van der Waals surface area (Å²) in [4.78, 5) is 26.5. The molecule has 0 unspecified atom stereocenters. The lowest BCUT2D eigenvalue weighted by molar-refractivity contribution is 0.0696. The van der Waals surface area contributed by atoms with Crippen LogP contribution >= 0.6 is 15.9 Å². The van der Waals surface area contributed by atoms with Gasteiger partial charge in [0.1, 0.15) is 12.1 Å². The smallest absolute Gasteiger partial charge is 0.338 e. The van der Waals surface area contributed by atoms with Crippen molar-refractivity contribution >= 4 is 33.6 Å². The molecule has 2 N–H and O–H groups in total. The van der Waals surface area contributed by atoms with Gasteiger partial charge in [0.2, 0.25) is 0 Å². The molecule has 19 heavy (non-hydrogen) atoms. The lowest BCUT2D eigenvalue weighted by Crippen LogP contribution is -2.12. The van der Waals surface area contributed by atoms with Crippen molar-refractivity contribution < 1.29 is 19.1 Å². The van der Waals surface area contributed by atoms with Crippen LogP contribution in [0.5, 0.6) is 0 Å². The molecule has 2 heterocycles. The Morgan fingerprint density at radius 1 is 1.42 bits per heavy atom. The van der Waals surface area contributed by atoms with Crippen molar-refractivity contribution in [1.29, 1.82) is 0 Å². The minimum absolute atomic E-state index is 0.0786. The topological polar surface area (TPSA) is 92.4 Å². The summed E-state index contributed by atoms with van der Waals surface area (Å²) in [6, 6.07) is 2.84. The molecule has 6 nitrogen and oxygen atoms in total. The number of aryl methyl sites for hydroxylation is 1. The van der Waals surface area contributed by atoms with E-state index in [-0.39, 0.29) is 11.3 Å². The molecule has 0 aliphatic carbocycles. The average molecular weight is 325 g/mol. The van der Waals surface area contributed by atoms with Gasteiger partial charge < -0.3 is 14.8 Å². The molecule has 2 aromatic rings. The maximum atomic E-state index is 11.8. The van der Waals surface area contributed by atoms with Crippen molar-refractivity contribution in [2.24, 2.45) is 0 Å². The molecule has 0 bridgehead atoms. The largest absolute Gasteiger partial charge is 0.478 e. The van der Waals surface area contributed by atoms with E-state index in [0.717, 1.165) is 22.4 Å². The number of nitrogens with zero attached hydrogens (tertiary/aromatic N) is 1. The molecule has 98 valence electrons. The van der Waals surface area contributed by atoms with E-state index in [1.54, 1.807) is 12.3 Å². The van der Waals surface area contributed by atoms with Crippen LogP contribution in [0.1, 0.15) is 26.5 Å². The number of carboxylic acids is 1. The minimum atomic E-state index is -1.15. The Morgan fingerprint density at radius 2 is 2.16 bits per heavy atom. The molecule has 7 heteroatoms. The number of nitrogens with one attached hydrogen (secondary N) is 1. The highest BCUT2D eigenvalue weighted by Crippen LogP contribution is 2.18. The van der Waals surface area contributed by atoms with E-state index in [9.17, 15) is 9.59 Å². The van der Waals surface area contributed by atoms with Gasteiger partial charge in [0.05, 0.1) is 5.56 Å². The van der Waals surface area contributed by atoms with E-state index in [1.165, 1.54) is 0 Å². The Bertz CT molecular complexity index is 651. The Balaban J connectivity index is 2.15. The summed E-state index contributed by atoms with van der Waals surface area (Å²) < 4.78 is 5.71. The molecule has 0 saturated heterocycles. The predicted octanol–water partition coefficient (Wildman–Crippen LogP) is 2.70. The number of halogens is 1. The van der Waals surface area contributed by atoms with E-state index >= 15 is 0 Å². The van der Waals surface area contributed by atoms with Gasteiger partial charge in [-0.1, -0.05) is 0 Å². The van der Waals surface area contributed by atoms with Crippen molar-refractivity contribution in [3.8, 4) is 0 Å². The molecule has 2 rings (SSSR count). The molecule has 0 aliphatic rings.